The molecule has 100 valence electrons. The van der Waals surface area contributed by atoms with Gasteiger partial charge in [-0.05, 0) is 26.8 Å². The molecule has 0 saturated carbocycles. The van der Waals surface area contributed by atoms with Crippen LogP contribution < -0.4 is 10.6 Å². The topological polar surface area (TPSA) is 61.4 Å². The van der Waals surface area contributed by atoms with Crippen LogP contribution in [0.5, 0.6) is 5.75 Å². The number of carbonyl (C=O) groups excluding carboxylic acids is 1. The summed E-state index contributed by atoms with van der Waals surface area (Å²) >= 11 is 0. The molecular formula is C14H22N2O2. The van der Waals surface area contributed by atoms with Gasteiger partial charge in [0.2, 0.25) is 5.91 Å². The number of hydrogen-bond acceptors (Lipinski definition) is 3. The second-order valence-electron chi connectivity index (χ2n) is 4.71. The van der Waals surface area contributed by atoms with Crippen LogP contribution in [0.3, 0.4) is 0 Å². The van der Waals surface area contributed by atoms with E-state index in [2.05, 4.69) is 10.6 Å². The van der Waals surface area contributed by atoms with Crippen molar-refractivity contribution in [1.82, 2.24) is 10.6 Å². The van der Waals surface area contributed by atoms with E-state index in [9.17, 15) is 9.90 Å². The number of amides is 1. The minimum Gasteiger partial charge on any atom is -0.508 e. The second kappa shape index (κ2) is 7.01. The van der Waals surface area contributed by atoms with E-state index in [0.29, 0.717) is 13.0 Å². The summed E-state index contributed by atoms with van der Waals surface area (Å²) in [6, 6.07) is 7.42. The standard InChI is InChI=1S/C14H22N2O2/c1-10(2)16-14(18)8-9-15-11(3)12-6-4-5-7-13(12)17/h4-7,10-11,15,17H,8-9H2,1-3H3,(H,16,18). The van der Waals surface area contributed by atoms with E-state index >= 15 is 0 Å². The van der Waals surface area contributed by atoms with Crippen molar-refractivity contribution in [3.05, 3.63) is 29.8 Å². The molecule has 0 aliphatic carbocycles. The van der Waals surface area contributed by atoms with Crippen LogP contribution in [-0.2, 0) is 4.79 Å². The Morgan fingerprint density at radius 2 is 1.94 bits per heavy atom. The van der Waals surface area contributed by atoms with Gasteiger partial charge in [-0.15, -0.1) is 0 Å². The minimum absolute atomic E-state index is 0.0260. The van der Waals surface area contributed by atoms with E-state index in [1.165, 1.54) is 0 Å². The highest BCUT2D eigenvalue weighted by Gasteiger charge is 2.09. The van der Waals surface area contributed by atoms with E-state index in [-0.39, 0.29) is 23.7 Å². The monoisotopic (exact) mass is 250 g/mol. The molecule has 1 atom stereocenters. The first-order chi connectivity index (χ1) is 8.50. The van der Waals surface area contributed by atoms with Crippen molar-refractivity contribution in [3.8, 4) is 5.75 Å². The Hall–Kier alpha value is -1.55. The first kappa shape index (κ1) is 14.5. The lowest BCUT2D eigenvalue weighted by molar-refractivity contribution is -0.121. The molecule has 1 aromatic carbocycles. The Morgan fingerprint density at radius 1 is 1.28 bits per heavy atom. The van der Waals surface area contributed by atoms with Gasteiger partial charge < -0.3 is 15.7 Å². The molecule has 0 bridgehead atoms. The van der Waals surface area contributed by atoms with Gasteiger partial charge in [0.1, 0.15) is 5.75 Å². The van der Waals surface area contributed by atoms with Crippen LogP contribution in [0.15, 0.2) is 24.3 Å². The number of para-hydroxylation sites is 1. The summed E-state index contributed by atoms with van der Waals surface area (Å²) in [7, 11) is 0. The average molecular weight is 250 g/mol. The molecule has 0 spiro atoms. The average Bonchev–Trinajstić information content (AvgIpc) is 2.28. The zero-order valence-corrected chi connectivity index (χ0v) is 11.2. The number of hydrogen-bond donors (Lipinski definition) is 3. The van der Waals surface area contributed by atoms with E-state index in [4.69, 9.17) is 0 Å². The van der Waals surface area contributed by atoms with Gasteiger partial charge >= 0.3 is 0 Å². The molecule has 18 heavy (non-hydrogen) atoms. The summed E-state index contributed by atoms with van der Waals surface area (Å²) in [5.74, 6) is 0.325. The molecule has 4 nitrogen and oxygen atoms in total. The van der Waals surface area contributed by atoms with Gasteiger partial charge in [0, 0.05) is 30.6 Å². The van der Waals surface area contributed by atoms with Crippen LogP contribution in [0.4, 0.5) is 0 Å². The molecule has 0 aromatic heterocycles. The van der Waals surface area contributed by atoms with Crippen molar-refractivity contribution in [3.63, 3.8) is 0 Å². The Kier molecular flexibility index (Phi) is 5.65. The van der Waals surface area contributed by atoms with Gasteiger partial charge in [-0.3, -0.25) is 4.79 Å². The Balaban J connectivity index is 2.36. The number of rotatable bonds is 6. The van der Waals surface area contributed by atoms with Crippen LogP contribution >= 0.6 is 0 Å². The molecule has 0 saturated heterocycles. The van der Waals surface area contributed by atoms with Gasteiger partial charge in [-0.1, -0.05) is 18.2 Å². The van der Waals surface area contributed by atoms with Crippen molar-refractivity contribution in [2.24, 2.45) is 0 Å². The van der Waals surface area contributed by atoms with Gasteiger partial charge in [0.05, 0.1) is 0 Å². The smallest absolute Gasteiger partial charge is 0.221 e. The van der Waals surface area contributed by atoms with Crippen LogP contribution in [0.25, 0.3) is 0 Å². The summed E-state index contributed by atoms with van der Waals surface area (Å²) in [6.07, 6.45) is 0.441. The Bertz CT molecular complexity index is 391. The Labute approximate surface area is 108 Å². The van der Waals surface area contributed by atoms with E-state index in [1.54, 1.807) is 12.1 Å². The number of aromatic hydroxyl groups is 1. The molecule has 0 heterocycles. The number of nitrogens with one attached hydrogen (secondary N) is 2. The highest BCUT2D eigenvalue weighted by molar-refractivity contribution is 5.76. The van der Waals surface area contributed by atoms with Gasteiger partial charge in [0.25, 0.3) is 0 Å². The number of phenolic OH excluding ortho intramolecular Hbond substituents is 1. The van der Waals surface area contributed by atoms with Crippen molar-refractivity contribution < 1.29 is 9.90 Å². The maximum Gasteiger partial charge on any atom is 0.221 e. The number of carbonyl (C=O) groups is 1. The molecule has 1 amide bonds. The molecular weight excluding hydrogens is 228 g/mol. The summed E-state index contributed by atoms with van der Waals surface area (Å²) in [5, 5.41) is 15.8. The molecule has 1 aromatic rings. The maximum atomic E-state index is 11.4. The maximum absolute atomic E-state index is 11.4. The van der Waals surface area contributed by atoms with Crippen molar-refractivity contribution in [2.45, 2.75) is 39.3 Å². The highest BCUT2D eigenvalue weighted by Crippen LogP contribution is 2.22. The largest absolute Gasteiger partial charge is 0.508 e. The molecule has 0 radical (unpaired) electrons. The fraction of sp³-hybridized carbons (Fsp3) is 0.500. The van der Waals surface area contributed by atoms with Gasteiger partial charge in [-0.2, -0.15) is 0 Å². The Morgan fingerprint density at radius 3 is 2.56 bits per heavy atom. The summed E-state index contributed by atoms with van der Waals surface area (Å²) in [4.78, 5) is 11.4. The lowest BCUT2D eigenvalue weighted by atomic mass is 10.1. The highest BCUT2D eigenvalue weighted by atomic mass is 16.3. The fourth-order valence-electron chi connectivity index (χ4n) is 1.76. The molecule has 1 unspecified atom stereocenters. The predicted octanol–water partition coefficient (Wildman–Crippen LogP) is 1.96. The molecule has 0 aliphatic rings. The van der Waals surface area contributed by atoms with E-state index < -0.39 is 0 Å². The SMILES string of the molecule is CC(C)NC(=O)CCNC(C)c1ccccc1O. The predicted molar refractivity (Wildman–Crippen MR) is 72.4 cm³/mol. The lowest BCUT2D eigenvalue weighted by Crippen LogP contribution is -2.33. The third-order valence-corrected chi connectivity index (χ3v) is 2.66. The zero-order valence-electron chi connectivity index (χ0n) is 11.2. The van der Waals surface area contributed by atoms with Gasteiger partial charge in [-0.25, -0.2) is 0 Å². The third kappa shape index (κ3) is 4.75. The molecule has 3 N–H and O–H groups in total. The summed E-state index contributed by atoms with van der Waals surface area (Å²) in [5.41, 5.74) is 0.849. The number of benzene rings is 1. The van der Waals surface area contributed by atoms with Crippen molar-refractivity contribution >= 4 is 5.91 Å². The fourth-order valence-corrected chi connectivity index (χ4v) is 1.76. The minimum atomic E-state index is 0.0260. The molecule has 1 rings (SSSR count). The van der Waals surface area contributed by atoms with Crippen molar-refractivity contribution in [1.29, 1.82) is 0 Å². The van der Waals surface area contributed by atoms with Crippen LogP contribution in [-0.4, -0.2) is 23.6 Å². The van der Waals surface area contributed by atoms with Gasteiger partial charge in [0.15, 0.2) is 0 Å². The lowest BCUT2D eigenvalue weighted by Gasteiger charge is -2.15. The normalized spacial score (nSPS) is 12.4. The number of phenols is 1. The third-order valence-electron chi connectivity index (χ3n) is 2.66. The van der Waals surface area contributed by atoms with Crippen LogP contribution in [0.1, 0.15) is 38.8 Å². The molecule has 0 fully saturated rings. The molecule has 4 heteroatoms. The van der Waals surface area contributed by atoms with Crippen LogP contribution in [0.2, 0.25) is 0 Å². The first-order valence-electron chi connectivity index (χ1n) is 6.31. The van der Waals surface area contributed by atoms with E-state index in [0.717, 1.165) is 5.56 Å². The second-order valence-corrected chi connectivity index (χ2v) is 4.71. The first-order valence-corrected chi connectivity index (χ1v) is 6.31. The molecule has 0 aliphatic heterocycles. The van der Waals surface area contributed by atoms with Crippen LogP contribution in [0, 0.1) is 0 Å². The zero-order chi connectivity index (χ0) is 13.5. The van der Waals surface area contributed by atoms with Crippen molar-refractivity contribution in [2.75, 3.05) is 6.54 Å². The quantitative estimate of drug-likeness (QED) is 0.723. The summed E-state index contributed by atoms with van der Waals surface area (Å²) in [6.45, 7) is 6.44. The van der Waals surface area contributed by atoms with E-state index in [1.807, 2.05) is 32.9 Å². The summed E-state index contributed by atoms with van der Waals surface area (Å²) < 4.78 is 0.